The van der Waals surface area contributed by atoms with Gasteiger partial charge in [0.1, 0.15) is 12.1 Å². The van der Waals surface area contributed by atoms with Gasteiger partial charge in [-0.1, -0.05) is 49.2 Å². The predicted molar refractivity (Wildman–Crippen MR) is 188 cm³/mol. The predicted octanol–water partition coefficient (Wildman–Crippen LogP) is 1.85. The normalized spacial score (nSPS) is 18.1. The molecule has 0 radical (unpaired) electrons. The maximum absolute atomic E-state index is 13.5. The van der Waals surface area contributed by atoms with Gasteiger partial charge in [0.15, 0.2) is 0 Å². The Balaban J connectivity index is 1.56. The van der Waals surface area contributed by atoms with Crippen LogP contribution in [0, 0.1) is 13.8 Å². The zero-order valence-electron chi connectivity index (χ0n) is 29.5. The highest BCUT2D eigenvalue weighted by molar-refractivity contribution is 7.89. The van der Waals surface area contributed by atoms with Crippen LogP contribution >= 0.6 is 0 Å². The first-order valence-corrected chi connectivity index (χ1v) is 19.9. The summed E-state index contributed by atoms with van der Waals surface area (Å²) in [5.74, 6) is -0.762. The van der Waals surface area contributed by atoms with Gasteiger partial charge in [0.25, 0.3) is 0 Å². The van der Waals surface area contributed by atoms with E-state index in [1.54, 1.807) is 38.1 Å². The minimum Gasteiger partial charge on any atom is -0.377 e. The van der Waals surface area contributed by atoms with Gasteiger partial charge in [-0.2, -0.15) is 9.44 Å². The highest BCUT2D eigenvalue weighted by Gasteiger charge is 2.29. The van der Waals surface area contributed by atoms with Gasteiger partial charge >= 0.3 is 0 Å². The molecule has 1 fully saturated rings. The lowest BCUT2D eigenvalue weighted by Crippen LogP contribution is -2.50. The lowest BCUT2D eigenvalue weighted by molar-refractivity contribution is -0.136. The number of rotatable bonds is 10. The van der Waals surface area contributed by atoms with Crippen LogP contribution in [0.1, 0.15) is 37.8 Å². The van der Waals surface area contributed by atoms with Crippen LogP contribution in [0.25, 0.3) is 0 Å². The molecule has 0 aliphatic carbocycles. The molecule has 1 heterocycles. The number of carbonyl (C=O) groups excluding carboxylic acids is 2. The molecule has 0 unspecified atom stereocenters. The van der Waals surface area contributed by atoms with Crippen LogP contribution in [0.5, 0.6) is 0 Å². The SMILES string of the molecule is CC[C@@H](NS(=O)(=O)c1ccc(C)cc1)C(=O)N1CCOCCOCCN(C(=O)[C@@H](CC)NS(=O)(=O)c2ccc(C)cc2)CCOCCOCC1. The summed E-state index contributed by atoms with van der Waals surface area (Å²) in [7, 11) is -7.84. The number of amides is 2. The third kappa shape index (κ3) is 13.3. The quantitative estimate of drug-likeness (QED) is 0.367. The lowest BCUT2D eigenvalue weighted by Gasteiger charge is -2.28. The fraction of sp³-hybridized carbons (Fsp3) is 0.588. The van der Waals surface area contributed by atoms with Crippen LogP contribution in [-0.4, -0.2) is 130 Å². The van der Waals surface area contributed by atoms with E-state index in [2.05, 4.69) is 9.44 Å². The summed E-state index contributed by atoms with van der Waals surface area (Å²) in [5, 5.41) is 0. The molecule has 2 aromatic rings. The van der Waals surface area contributed by atoms with Gasteiger partial charge in [-0.05, 0) is 51.0 Å². The highest BCUT2D eigenvalue weighted by atomic mass is 32.2. The minimum absolute atomic E-state index is 0.0844. The average Bonchev–Trinajstić information content (AvgIpc) is 3.09. The van der Waals surface area contributed by atoms with E-state index in [0.717, 1.165) is 11.1 Å². The van der Waals surface area contributed by atoms with E-state index in [9.17, 15) is 26.4 Å². The summed E-state index contributed by atoms with van der Waals surface area (Å²) in [6, 6.07) is 10.9. The Labute approximate surface area is 296 Å². The van der Waals surface area contributed by atoms with Gasteiger partial charge < -0.3 is 28.7 Å². The molecule has 0 spiro atoms. The Morgan fingerprint density at radius 1 is 0.560 bits per heavy atom. The molecule has 16 heteroatoms. The van der Waals surface area contributed by atoms with Crippen LogP contribution < -0.4 is 9.44 Å². The Morgan fingerprint density at radius 3 is 1.10 bits per heavy atom. The zero-order chi connectivity index (χ0) is 36.6. The maximum atomic E-state index is 13.5. The van der Waals surface area contributed by atoms with Crippen LogP contribution in [0.3, 0.4) is 0 Å². The number of aryl methyl sites for hydroxylation is 2. The van der Waals surface area contributed by atoms with Crippen molar-refractivity contribution in [1.29, 1.82) is 0 Å². The second kappa shape index (κ2) is 20.8. The zero-order valence-corrected chi connectivity index (χ0v) is 31.1. The second-order valence-corrected chi connectivity index (χ2v) is 15.3. The average molecular weight is 741 g/mol. The van der Waals surface area contributed by atoms with E-state index in [0.29, 0.717) is 0 Å². The number of sulfonamides is 2. The molecule has 0 saturated carbocycles. The molecule has 50 heavy (non-hydrogen) atoms. The van der Waals surface area contributed by atoms with E-state index in [-0.39, 0.29) is 113 Å². The molecule has 2 atom stereocenters. The Morgan fingerprint density at radius 2 is 0.840 bits per heavy atom. The standard InChI is InChI=1S/C34H52N4O10S2/c1-5-31(35-49(41,42)29-11-7-27(3)8-12-29)33(39)37-15-19-45-23-25-47-21-17-38(18-22-48-26-24-46-20-16-37)34(40)32(6-2)36-50(43,44)30-13-9-28(4)10-14-30/h7-14,31-32,35-36H,5-6,15-26H2,1-4H3/t31-,32-/m1/s1. The summed E-state index contributed by atoms with van der Waals surface area (Å²) >= 11 is 0. The summed E-state index contributed by atoms with van der Waals surface area (Å²) in [6.07, 6.45) is 0.502. The number of nitrogens with zero attached hydrogens (tertiary/aromatic N) is 2. The fourth-order valence-electron chi connectivity index (χ4n) is 5.01. The number of carbonyl (C=O) groups is 2. The first kappa shape index (κ1) is 41.5. The number of benzene rings is 2. The third-order valence-electron chi connectivity index (χ3n) is 8.06. The van der Waals surface area contributed by atoms with E-state index in [4.69, 9.17) is 18.9 Å². The van der Waals surface area contributed by atoms with Crippen LogP contribution in [0.15, 0.2) is 58.3 Å². The highest BCUT2D eigenvalue weighted by Crippen LogP contribution is 2.14. The van der Waals surface area contributed by atoms with Crippen molar-refractivity contribution in [3.8, 4) is 0 Å². The Hall–Kier alpha value is -2.96. The molecule has 3 rings (SSSR count). The van der Waals surface area contributed by atoms with Crippen molar-refractivity contribution in [3.05, 3.63) is 59.7 Å². The van der Waals surface area contributed by atoms with Crippen LogP contribution in [0.4, 0.5) is 0 Å². The van der Waals surface area contributed by atoms with E-state index < -0.39 is 32.1 Å². The van der Waals surface area contributed by atoms with Crippen molar-refractivity contribution in [2.24, 2.45) is 0 Å². The molecule has 1 aliphatic rings. The van der Waals surface area contributed by atoms with E-state index in [1.807, 2.05) is 13.8 Å². The maximum Gasteiger partial charge on any atom is 0.241 e. The molecule has 280 valence electrons. The van der Waals surface area contributed by atoms with Crippen molar-refractivity contribution in [2.45, 2.75) is 62.4 Å². The van der Waals surface area contributed by atoms with Crippen LogP contribution in [-0.2, 0) is 48.6 Å². The van der Waals surface area contributed by atoms with Gasteiger partial charge in [0, 0.05) is 26.2 Å². The Kier molecular flexibility index (Phi) is 17.2. The van der Waals surface area contributed by atoms with Crippen molar-refractivity contribution in [3.63, 3.8) is 0 Å². The van der Waals surface area contributed by atoms with Gasteiger partial charge in [-0.3, -0.25) is 9.59 Å². The van der Waals surface area contributed by atoms with Crippen molar-refractivity contribution >= 4 is 31.9 Å². The van der Waals surface area contributed by atoms with Crippen molar-refractivity contribution in [1.82, 2.24) is 19.2 Å². The number of hydrogen-bond acceptors (Lipinski definition) is 10. The minimum atomic E-state index is -3.92. The summed E-state index contributed by atoms with van der Waals surface area (Å²) in [6.45, 7) is 9.67. The topological polar surface area (TPSA) is 170 Å². The summed E-state index contributed by atoms with van der Waals surface area (Å²) in [5.41, 5.74) is 1.84. The van der Waals surface area contributed by atoms with Gasteiger partial charge in [-0.15, -0.1) is 0 Å². The molecule has 2 N–H and O–H groups in total. The van der Waals surface area contributed by atoms with Gasteiger partial charge in [-0.25, -0.2) is 16.8 Å². The van der Waals surface area contributed by atoms with Crippen molar-refractivity contribution in [2.75, 3.05) is 79.0 Å². The molecule has 1 aliphatic heterocycles. The second-order valence-electron chi connectivity index (χ2n) is 11.9. The molecular formula is C34H52N4O10S2. The number of ether oxygens (including phenoxy) is 4. The largest absolute Gasteiger partial charge is 0.377 e. The molecule has 0 bridgehead atoms. The first-order chi connectivity index (χ1) is 23.9. The molecule has 14 nitrogen and oxygen atoms in total. The van der Waals surface area contributed by atoms with Gasteiger partial charge in [0.05, 0.1) is 62.6 Å². The summed E-state index contributed by atoms with van der Waals surface area (Å²) < 4.78 is 80.0. The smallest absolute Gasteiger partial charge is 0.241 e. The van der Waals surface area contributed by atoms with Gasteiger partial charge in [0.2, 0.25) is 31.9 Å². The first-order valence-electron chi connectivity index (χ1n) is 16.9. The Bertz CT molecular complexity index is 1420. The van der Waals surface area contributed by atoms with Crippen LogP contribution in [0.2, 0.25) is 0 Å². The molecular weight excluding hydrogens is 689 g/mol. The molecule has 1 saturated heterocycles. The third-order valence-corrected chi connectivity index (χ3v) is 11.0. The molecule has 0 aromatic heterocycles. The van der Waals surface area contributed by atoms with E-state index >= 15 is 0 Å². The monoisotopic (exact) mass is 740 g/mol. The number of nitrogens with one attached hydrogen (secondary N) is 2. The molecule has 2 amide bonds. The number of hydrogen-bond donors (Lipinski definition) is 2. The molecule has 2 aromatic carbocycles. The van der Waals surface area contributed by atoms with E-state index in [1.165, 1.54) is 34.1 Å². The summed E-state index contributed by atoms with van der Waals surface area (Å²) in [4.78, 5) is 30.2. The lowest BCUT2D eigenvalue weighted by atomic mass is 10.2. The van der Waals surface area contributed by atoms with Crippen molar-refractivity contribution < 1.29 is 45.4 Å². The fourth-order valence-corrected chi connectivity index (χ4v) is 7.56.